The third-order valence-electron chi connectivity index (χ3n) is 2.52. The van der Waals surface area contributed by atoms with Gasteiger partial charge in [0.1, 0.15) is 0 Å². The number of nitrogens with zero attached hydrogens (tertiary/aromatic N) is 4. The zero-order valence-electron chi connectivity index (χ0n) is 10.0. The molecule has 0 bridgehead atoms. The smallest absolute Gasteiger partial charge is 0.177 e. The third-order valence-corrected chi connectivity index (χ3v) is 2.52. The summed E-state index contributed by atoms with van der Waals surface area (Å²) in [4.78, 5) is 1.40. The van der Waals surface area contributed by atoms with Crippen LogP contribution in [0.2, 0.25) is 0 Å². The molecule has 90 valence electrons. The zero-order valence-corrected chi connectivity index (χ0v) is 10.0. The number of hydrogen-bond acceptors (Lipinski definition) is 4. The van der Waals surface area contributed by atoms with Gasteiger partial charge < -0.3 is 5.11 Å². The van der Waals surface area contributed by atoms with Crippen LogP contribution < -0.4 is 0 Å². The van der Waals surface area contributed by atoms with E-state index in [1.54, 1.807) is 7.05 Å². The fourth-order valence-corrected chi connectivity index (χ4v) is 1.80. The molecule has 1 aromatic carbocycles. The highest BCUT2D eigenvalue weighted by Gasteiger charge is 2.10. The first-order chi connectivity index (χ1) is 8.13. The summed E-state index contributed by atoms with van der Waals surface area (Å²) < 4.78 is 0. The summed E-state index contributed by atoms with van der Waals surface area (Å²) in [5.74, 6) is 0.577. The number of aliphatic hydroxyl groups is 1. The minimum atomic E-state index is -0.471. The Morgan fingerprint density at radius 3 is 2.82 bits per heavy atom. The molecule has 0 spiro atoms. The van der Waals surface area contributed by atoms with Crippen molar-refractivity contribution in [2.24, 2.45) is 7.05 Å². The van der Waals surface area contributed by atoms with Crippen molar-refractivity contribution in [3.63, 3.8) is 0 Å². The second-order valence-corrected chi connectivity index (χ2v) is 4.25. The van der Waals surface area contributed by atoms with Gasteiger partial charge in [-0.25, -0.2) is 0 Å². The fraction of sp³-hybridized carbons (Fsp3) is 0.417. The van der Waals surface area contributed by atoms with Crippen LogP contribution in [-0.4, -0.2) is 31.4 Å². The van der Waals surface area contributed by atoms with Crippen LogP contribution in [0.15, 0.2) is 24.3 Å². The first kappa shape index (κ1) is 11.7. The summed E-state index contributed by atoms with van der Waals surface area (Å²) in [6.45, 7) is 2.04. The van der Waals surface area contributed by atoms with Crippen molar-refractivity contribution in [2.45, 2.75) is 25.9 Å². The van der Waals surface area contributed by atoms with Crippen LogP contribution in [0.25, 0.3) is 0 Å². The molecule has 0 fully saturated rings. The van der Waals surface area contributed by atoms with E-state index in [0.29, 0.717) is 18.7 Å². The quantitative estimate of drug-likeness (QED) is 0.841. The second kappa shape index (κ2) is 5.05. The molecule has 0 radical (unpaired) electrons. The molecule has 0 saturated heterocycles. The monoisotopic (exact) mass is 232 g/mol. The Labute approximate surface area is 100 Å². The SMILES string of the molecule is Cc1cccc(CC(O)Cc2nnn(C)n2)c1. The van der Waals surface area contributed by atoms with Crippen LogP contribution in [0.5, 0.6) is 0 Å². The summed E-state index contributed by atoms with van der Waals surface area (Å²) in [6.07, 6.45) is 0.572. The standard InChI is InChI=1S/C12H16N4O/c1-9-4-3-5-10(6-9)7-11(17)8-12-13-15-16(2)14-12/h3-6,11,17H,7-8H2,1-2H3. The number of aliphatic hydroxyl groups excluding tert-OH is 1. The summed E-state index contributed by atoms with van der Waals surface area (Å²) in [7, 11) is 1.71. The van der Waals surface area contributed by atoms with E-state index in [4.69, 9.17) is 0 Å². The van der Waals surface area contributed by atoms with E-state index in [0.717, 1.165) is 5.56 Å². The second-order valence-electron chi connectivity index (χ2n) is 4.25. The van der Waals surface area contributed by atoms with E-state index in [9.17, 15) is 5.11 Å². The normalized spacial score (nSPS) is 12.6. The summed E-state index contributed by atoms with van der Waals surface area (Å²) in [5, 5.41) is 21.6. The molecule has 1 atom stereocenters. The van der Waals surface area contributed by atoms with Gasteiger partial charge in [-0.05, 0) is 24.1 Å². The van der Waals surface area contributed by atoms with Crippen LogP contribution >= 0.6 is 0 Å². The van der Waals surface area contributed by atoms with Gasteiger partial charge in [-0.2, -0.15) is 4.80 Å². The minimum Gasteiger partial charge on any atom is -0.392 e. The average molecular weight is 232 g/mol. The first-order valence-corrected chi connectivity index (χ1v) is 5.60. The molecule has 17 heavy (non-hydrogen) atoms. The molecule has 0 aliphatic heterocycles. The Balaban J connectivity index is 1.95. The van der Waals surface area contributed by atoms with Crippen molar-refractivity contribution < 1.29 is 5.11 Å². The van der Waals surface area contributed by atoms with Crippen LogP contribution in [0.4, 0.5) is 0 Å². The van der Waals surface area contributed by atoms with E-state index in [1.807, 2.05) is 25.1 Å². The molecule has 2 aromatic rings. The van der Waals surface area contributed by atoms with Gasteiger partial charge >= 0.3 is 0 Å². The minimum absolute atomic E-state index is 0.432. The van der Waals surface area contributed by atoms with Gasteiger partial charge in [-0.3, -0.25) is 0 Å². The summed E-state index contributed by atoms with van der Waals surface area (Å²) in [6, 6.07) is 8.13. The van der Waals surface area contributed by atoms with Gasteiger partial charge in [0.25, 0.3) is 0 Å². The van der Waals surface area contributed by atoms with E-state index in [2.05, 4.69) is 21.5 Å². The number of tetrazole rings is 1. The summed E-state index contributed by atoms with van der Waals surface area (Å²) in [5.41, 5.74) is 2.33. The molecule has 0 aliphatic carbocycles. The Bertz CT molecular complexity index is 495. The highest BCUT2D eigenvalue weighted by Crippen LogP contribution is 2.08. The van der Waals surface area contributed by atoms with Crippen molar-refractivity contribution in [1.82, 2.24) is 20.2 Å². The van der Waals surface area contributed by atoms with Crippen molar-refractivity contribution in [3.05, 3.63) is 41.2 Å². The molecule has 0 amide bonds. The lowest BCUT2D eigenvalue weighted by molar-refractivity contribution is 0.173. The Morgan fingerprint density at radius 1 is 1.35 bits per heavy atom. The van der Waals surface area contributed by atoms with Gasteiger partial charge in [0.05, 0.1) is 13.2 Å². The van der Waals surface area contributed by atoms with Crippen LogP contribution in [-0.2, 0) is 19.9 Å². The van der Waals surface area contributed by atoms with Crippen LogP contribution in [0, 0.1) is 6.92 Å². The maximum atomic E-state index is 9.94. The van der Waals surface area contributed by atoms with Gasteiger partial charge in [0, 0.05) is 6.42 Å². The van der Waals surface area contributed by atoms with E-state index < -0.39 is 6.10 Å². The molecule has 0 saturated carbocycles. The number of aromatic nitrogens is 4. The number of hydrogen-bond donors (Lipinski definition) is 1. The largest absolute Gasteiger partial charge is 0.392 e. The van der Waals surface area contributed by atoms with Gasteiger partial charge in [-0.15, -0.1) is 10.2 Å². The highest BCUT2D eigenvalue weighted by atomic mass is 16.3. The molecular weight excluding hydrogens is 216 g/mol. The average Bonchev–Trinajstić information content (AvgIpc) is 2.63. The third kappa shape index (κ3) is 3.35. The Kier molecular flexibility index (Phi) is 3.49. The molecule has 5 nitrogen and oxygen atoms in total. The fourth-order valence-electron chi connectivity index (χ4n) is 1.80. The van der Waals surface area contributed by atoms with Gasteiger partial charge in [0.2, 0.25) is 0 Å². The highest BCUT2D eigenvalue weighted by molar-refractivity contribution is 5.22. The number of aryl methyl sites for hydroxylation is 2. The van der Waals surface area contributed by atoms with E-state index in [1.165, 1.54) is 10.4 Å². The molecule has 1 aromatic heterocycles. The van der Waals surface area contributed by atoms with Crippen molar-refractivity contribution in [2.75, 3.05) is 0 Å². The topological polar surface area (TPSA) is 63.8 Å². The molecule has 1 unspecified atom stereocenters. The predicted octanol–water partition coefficient (Wildman–Crippen LogP) is 0.665. The maximum absolute atomic E-state index is 9.94. The lowest BCUT2D eigenvalue weighted by atomic mass is 10.0. The molecule has 1 heterocycles. The Hall–Kier alpha value is -1.75. The summed E-state index contributed by atoms with van der Waals surface area (Å²) >= 11 is 0. The van der Waals surface area contributed by atoms with Gasteiger partial charge in [-0.1, -0.05) is 29.8 Å². The predicted molar refractivity (Wildman–Crippen MR) is 63.4 cm³/mol. The van der Waals surface area contributed by atoms with E-state index >= 15 is 0 Å². The van der Waals surface area contributed by atoms with Gasteiger partial charge in [0.15, 0.2) is 5.82 Å². The van der Waals surface area contributed by atoms with E-state index in [-0.39, 0.29) is 0 Å². The van der Waals surface area contributed by atoms with Crippen LogP contribution in [0.1, 0.15) is 17.0 Å². The molecule has 2 rings (SSSR count). The first-order valence-electron chi connectivity index (χ1n) is 5.60. The Morgan fingerprint density at radius 2 is 2.18 bits per heavy atom. The molecule has 1 N–H and O–H groups in total. The van der Waals surface area contributed by atoms with Crippen LogP contribution in [0.3, 0.4) is 0 Å². The number of benzene rings is 1. The molecule has 0 aliphatic rings. The van der Waals surface area contributed by atoms with Crippen molar-refractivity contribution in [3.8, 4) is 0 Å². The maximum Gasteiger partial charge on any atom is 0.177 e. The van der Waals surface area contributed by atoms with Crippen molar-refractivity contribution >= 4 is 0 Å². The van der Waals surface area contributed by atoms with Crippen molar-refractivity contribution in [1.29, 1.82) is 0 Å². The molecule has 5 heteroatoms. The molecular formula is C12H16N4O. The number of rotatable bonds is 4. The zero-order chi connectivity index (χ0) is 12.3. The lowest BCUT2D eigenvalue weighted by Gasteiger charge is -2.08. The lowest BCUT2D eigenvalue weighted by Crippen LogP contribution is -2.15.